The van der Waals surface area contributed by atoms with Gasteiger partial charge in [0.05, 0.1) is 0 Å². The van der Waals surface area contributed by atoms with Crippen molar-refractivity contribution in [2.45, 2.75) is 18.9 Å². The number of hydrogen-bond donors (Lipinski definition) is 0. The Hall–Kier alpha value is -0.570. The van der Waals surface area contributed by atoms with Crippen LogP contribution in [0.25, 0.3) is 0 Å². The molecule has 3 heteroatoms. The quantitative estimate of drug-likeness (QED) is 0.630. The monoisotopic (exact) mass is 227 g/mol. The van der Waals surface area contributed by atoms with Crippen LogP contribution in [0.1, 0.15) is 12.8 Å². The second kappa shape index (κ2) is 3.05. The van der Waals surface area contributed by atoms with Gasteiger partial charge in [-0.05, 0) is 28.4 Å². The van der Waals surface area contributed by atoms with Crippen LogP contribution in [0.15, 0.2) is 22.8 Å². The number of fused-ring (bicyclic) bond motifs is 1. The number of Topliss-reactive ketones (excluding diaryl/α,β-unsaturated/α-hetero) is 1. The second-order valence-electron chi connectivity index (χ2n) is 3.13. The summed E-state index contributed by atoms with van der Waals surface area (Å²) in [5, 5.41) is 0. The van der Waals surface area contributed by atoms with Gasteiger partial charge < -0.3 is 4.90 Å². The zero-order chi connectivity index (χ0) is 8.55. The number of nitrogens with zero attached hydrogens (tertiary/aromatic N) is 1. The van der Waals surface area contributed by atoms with Gasteiger partial charge in [0.2, 0.25) is 0 Å². The van der Waals surface area contributed by atoms with Crippen molar-refractivity contribution in [3.05, 3.63) is 22.8 Å². The van der Waals surface area contributed by atoms with Gasteiger partial charge in [-0.15, -0.1) is 0 Å². The molecule has 64 valence electrons. The average molecular weight is 228 g/mol. The van der Waals surface area contributed by atoms with Gasteiger partial charge in [-0.2, -0.15) is 0 Å². The molecule has 1 unspecified atom stereocenters. The molecular formula is C9H10BrNO. The summed E-state index contributed by atoms with van der Waals surface area (Å²) in [6, 6.07) is 0.0139. The SMILES string of the molecule is O=C1CCCN2C=C(Br)C=CC12. The molecule has 0 radical (unpaired) electrons. The lowest BCUT2D eigenvalue weighted by molar-refractivity contribution is -0.123. The van der Waals surface area contributed by atoms with Crippen molar-refractivity contribution in [3.63, 3.8) is 0 Å². The first-order chi connectivity index (χ1) is 5.77. The van der Waals surface area contributed by atoms with E-state index in [0.29, 0.717) is 5.78 Å². The molecular weight excluding hydrogens is 218 g/mol. The summed E-state index contributed by atoms with van der Waals surface area (Å²) in [7, 11) is 0. The second-order valence-corrected chi connectivity index (χ2v) is 4.04. The summed E-state index contributed by atoms with van der Waals surface area (Å²) < 4.78 is 1.05. The van der Waals surface area contributed by atoms with Crippen molar-refractivity contribution in [2.24, 2.45) is 0 Å². The van der Waals surface area contributed by atoms with E-state index in [4.69, 9.17) is 0 Å². The average Bonchev–Trinajstić information content (AvgIpc) is 2.04. The Morgan fingerprint density at radius 2 is 2.42 bits per heavy atom. The Bertz CT molecular complexity index is 270. The lowest BCUT2D eigenvalue weighted by Gasteiger charge is -2.33. The van der Waals surface area contributed by atoms with Crippen LogP contribution in [0, 0.1) is 0 Å². The summed E-state index contributed by atoms with van der Waals surface area (Å²) in [5.74, 6) is 0.341. The zero-order valence-corrected chi connectivity index (χ0v) is 8.25. The molecule has 2 aliphatic rings. The fourth-order valence-corrected chi connectivity index (χ4v) is 2.07. The van der Waals surface area contributed by atoms with Crippen molar-refractivity contribution >= 4 is 21.7 Å². The van der Waals surface area contributed by atoms with E-state index in [-0.39, 0.29) is 6.04 Å². The minimum atomic E-state index is 0.0139. The number of allylic oxidation sites excluding steroid dienone is 2. The van der Waals surface area contributed by atoms with Crippen LogP contribution in [-0.2, 0) is 4.79 Å². The molecule has 0 bridgehead atoms. The molecule has 0 aromatic rings. The topological polar surface area (TPSA) is 20.3 Å². The summed E-state index contributed by atoms with van der Waals surface area (Å²) in [5.41, 5.74) is 0. The Labute approximate surface area is 80.1 Å². The largest absolute Gasteiger partial charge is 0.363 e. The molecule has 0 amide bonds. The van der Waals surface area contributed by atoms with E-state index in [9.17, 15) is 4.79 Å². The fraction of sp³-hybridized carbons (Fsp3) is 0.444. The molecule has 0 N–H and O–H groups in total. The van der Waals surface area contributed by atoms with E-state index >= 15 is 0 Å². The molecule has 2 nitrogen and oxygen atoms in total. The molecule has 0 aromatic carbocycles. The first kappa shape index (κ1) is 8.05. The molecule has 1 atom stereocenters. The maximum absolute atomic E-state index is 11.4. The number of carbonyl (C=O) groups is 1. The number of piperidine rings is 1. The van der Waals surface area contributed by atoms with Crippen LogP contribution in [0.4, 0.5) is 0 Å². The molecule has 0 aromatic heterocycles. The van der Waals surface area contributed by atoms with Crippen molar-refractivity contribution in [1.82, 2.24) is 4.90 Å². The van der Waals surface area contributed by atoms with Crippen LogP contribution in [0.5, 0.6) is 0 Å². The number of halogens is 1. The van der Waals surface area contributed by atoms with Gasteiger partial charge in [-0.1, -0.05) is 6.08 Å². The third-order valence-electron chi connectivity index (χ3n) is 2.25. The first-order valence-corrected chi connectivity index (χ1v) is 4.90. The lowest BCUT2D eigenvalue weighted by atomic mass is 9.99. The number of ketones is 1. The summed E-state index contributed by atoms with van der Waals surface area (Å²) in [4.78, 5) is 13.5. The van der Waals surface area contributed by atoms with Crippen LogP contribution in [-0.4, -0.2) is 23.3 Å². The molecule has 2 heterocycles. The maximum atomic E-state index is 11.4. The predicted molar refractivity (Wildman–Crippen MR) is 50.9 cm³/mol. The zero-order valence-electron chi connectivity index (χ0n) is 6.66. The van der Waals surface area contributed by atoms with Crippen LogP contribution < -0.4 is 0 Å². The third kappa shape index (κ3) is 1.33. The molecule has 2 rings (SSSR count). The van der Waals surface area contributed by atoms with Gasteiger partial charge in [0.1, 0.15) is 6.04 Å². The molecule has 2 aliphatic heterocycles. The van der Waals surface area contributed by atoms with Crippen molar-refractivity contribution in [1.29, 1.82) is 0 Å². The van der Waals surface area contributed by atoms with Crippen molar-refractivity contribution in [3.8, 4) is 0 Å². The molecule has 0 spiro atoms. The predicted octanol–water partition coefficient (Wildman–Crippen LogP) is 1.83. The smallest absolute Gasteiger partial charge is 0.159 e. The number of rotatable bonds is 0. The van der Waals surface area contributed by atoms with Crippen LogP contribution in [0.3, 0.4) is 0 Å². The van der Waals surface area contributed by atoms with Gasteiger partial charge >= 0.3 is 0 Å². The van der Waals surface area contributed by atoms with Crippen LogP contribution >= 0.6 is 15.9 Å². The minimum absolute atomic E-state index is 0.0139. The van der Waals surface area contributed by atoms with Gasteiger partial charge in [0.15, 0.2) is 5.78 Å². The fourth-order valence-electron chi connectivity index (χ4n) is 1.66. The van der Waals surface area contributed by atoms with E-state index in [1.807, 2.05) is 18.4 Å². The molecule has 1 saturated heterocycles. The number of hydrogen-bond acceptors (Lipinski definition) is 2. The Morgan fingerprint density at radius 1 is 1.58 bits per heavy atom. The molecule has 12 heavy (non-hydrogen) atoms. The van der Waals surface area contributed by atoms with Crippen molar-refractivity contribution < 1.29 is 4.79 Å². The highest BCUT2D eigenvalue weighted by Crippen LogP contribution is 2.23. The summed E-state index contributed by atoms with van der Waals surface area (Å²) in [6.45, 7) is 0.996. The third-order valence-corrected chi connectivity index (χ3v) is 2.72. The van der Waals surface area contributed by atoms with Gasteiger partial charge in [-0.3, -0.25) is 4.79 Å². The van der Waals surface area contributed by atoms with Gasteiger partial charge in [0.25, 0.3) is 0 Å². The number of carbonyl (C=O) groups excluding carboxylic acids is 1. The standard InChI is InChI=1S/C9H10BrNO/c10-7-3-4-8-9(12)2-1-5-11(8)6-7/h3-4,6,8H,1-2,5H2. The first-order valence-electron chi connectivity index (χ1n) is 4.11. The van der Waals surface area contributed by atoms with Gasteiger partial charge in [-0.25, -0.2) is 0 Å². The van der Waals surface area contributed by atoms with E-state index in [1.54, 1.807) is 0 Å². The normalized spacial score (nSPS) is 28.4. The summed E-state index contributed by atoms with van der Waals surface area (Å²) >= 11 is 3.39. The highest BCUT2D eigenvalue weighted by Gasteiger charge is 2.26. The Morgan fingerprint density at radius 3 is 3.25 bits per heavy atom. The van der Waals surface area contributed by atoms with E-state index in [0.717, 1.165) is 23.9 Å². The van der Waals surface area contributed by atoms with Gasteiger partial charge in [0, 0.05) is 23.6 Å². The molecule has 0 aliphatic carbocycles. The minimum Gasteiger partial charge on any atom is -0.363 e. The Balaban J connectivity index is 2.22. The van der Waals surface area contributed by atoms with E-state index < -0.39 is 0 Å². The van der Waals surface area contributed by atoms with E-state index in [2.05, 4.69) is 20.8 Å². The van der Waals surface area contributed by atoms with Crippen LogP contribution in [0.2, 0.25) is 0 Å². The summed E-state index contributed by atoms with van der Waals surface area (Å²) in [6.07, 6.45) is 7.63. The highest BCUT2D eigenvalue weighted by atomic mass is 79.9. The lowest BCUT2D eigenvalue weighted by Crippen LogP contribution is -2.42. The molecule has 1 fully saturated rings. The Kier molecular flexibility index (Phi) is 2.05. The van der Waals surface area contributed by atoms with E-state index in [1.165, 1.54) is 0 Å². The molecule has 0 saturated carbocycles. The highest BCUT2D eigenvalue weighted by molar-refractivity contribution is 9.11. The van der Waals surface area contributed by atoms with Crippen molar-refractivity contribution in [2.75, 3.05) is 6.54 Å². The maximum Gasteiger partial charge on any atom is 0.159 e.